The van der Waals surface area contributed by atoms with E-state index in [0.717, 1.165) is 23.4 Å². The third kappa shape index (κ3) is 2.54. The molecule has 0 saturated heterocycles. The van der Waals surface area contributed by atoms with Crippen LogP contribution in [0.2, 0.25) is 0 Å². The molecule has 0 aliphatic carbocycles. The molecule has 0 aliphatic rings. The van der Waals surface area contributed by atoms with Gasteiger partial charge in [0.25, 0.3) is 5.56 Å². The van der Waals surface area contributed by atoms with Crippen molar-refractivity contribution in [2.45, 2.75) is 33.4 Å². The fraction of sp³-hybridized carbons (Fsp3) is 0.250. The van der Waals surface area contributed by atoms with Gasteiger partial charge in [-0.15, -0.1) is 10.2 Å². The summed E-state index contributed by atoms with van der Waals surface area (Å²) in [7, 11) is 0. The largest absolute Gasteiger partial charge is 0.377 e. The summed E-state index contributed by atoms with van der Waals surface area (Å²) in [6.07, 6.45) is 0.960. The molecule has 0 radical (unpaired) electrons. The van der Waals surface area contributed by atoms with Crippen molar-refractivity contribution in [2.24, 2.45) is 0 Å². The summed E-state index contributed by atoms with van der Waals surface area (Å²) < 4.78 is 3.64. The summed E-state index contributed by atoms with van der Waals surface area (Å²) in [6, 6.07) is 15.9. The third-order valence-electron chi connectivity index (χ3n) is 4.73. The molecule has 0 aliphatic heterocycles. The highest BCUT2D eigenvalue weighted by Gasteiger charge is 2.15. The molecule has 0 unspecified atom stereocenters. The molecule has 6 nitrogen and oxygen atoms in total. The maximum atomic E-state index is 12.7. The van der Waals surface area contributed by atoms with E-state index in [-0.39, 0.29) is 5.56 Å². The monoisotopic (exact) mass is 347 g/mol. The summed E-state index contributed by atoms with van der Waals surface area (Å²) >= 11 is 0. The van der Waals surface area contributed by atoms with Gasteiger partial charge in [-0.2, -0.15) is 0 Å². The van der Waals surface area contributed by atoms with Crippen molar-refractivity contribution < 1.29 is 0 Å². The first-order valence-corrected chi connectivity index (χ1v) is 8.92. The summed E-state index contributed by atoms with van der Waals surface area (Å²) in [5.41, 5.74) is 3.16. The lowest BCUT2D eigenvalue weighted by atomic mass is 10.1. The second-order valence-corrected chi connectivity index (χ2v) is 6.18. The highest BCUT2D eigenvalue weighted by atomic mass is 16.1. The third-order valence-corrected chi connectivity index (χ3v) is 4.73. The van der Waals surface area contributed by atoms with Crippen LogP contribution in [0.4, 0.5) is 5.69 Å². The minimum atomic E-state index is -0.0289. The van der Waals surface area contributed by atoms with Crippen LogP contribution in [0.1, 0.15) is 25.2 Å². The molecule has 2 aromatic heterocycles. The van der Waals surface area contributed by atoms with Crippen LogP contribution in [-0.2, 0) is 19.5 Å². The first kappa shape index (κ1) is 16.3. The second kappa shape index (κ2) is 6.63. The van der Waals surface area contributed by atoms with E-state index in [1.54, 1.807) is 4.57 Å². The van der Waals surface area contributed by atoms with Crippen LogP contribution in [-0.4, -0.2) is 19.2 Å². The van der Waals surface area contributed by atoms with Gasteiger partial charge >= 0.3 is 0 Å². The van der Waals surface area contributed by atoms with Gasteiger partial charge in [-0.3, -0.25) is 13.8 Å². The standard InChI is InChI=1S/C20H21N5O/c1-3-14-9-5-7-11-16(14)21-13-18-22-23-20-24(4-2)19(26)15-10-6-8-12-17(15)25(18)20/h5-12,21H,3-4,13H2,1-2H3. The molecule has 0 fully saturated rings. The summed E-state index contributed by atoms with van der Waals surface area (Å²) in [6.45, 7) is 5.17. The van der Waals surface area contributed by atoms with Gasteiger partial charge in [0.2, 0.25) is 5.78 Å². The number of para-hydroxylation sites is 2. The van der Waals surface area contributed by atoms with Crippen molar-refractivity contribution in [3.8, 4) is 0 Å². The smallest absolute Gasteiger partial charge is 0.262 e. The molecular weight excluding hydrogens is 326 g/mol. The molecule has 0 saturated carbocycles. The summed E-state index contributed by atoms with van der Waals surface area (Å²) in [4.78, 5) is 12.7. The van der Waals surface area contributed by atoms with E-state index in [0.29, 0.717) is 24.3 Å². The lowest BCUT2D eigenvalue weighted by Gasteiger charge is -2.12. The molecule has 0 spiro atoms. The lowest BCUT2D eigenvalue weighted by Crippen LogP contribution is -2.23. The minimum absolute atomic E-state index is 0.0289. The molecule has 0 amide bonds. The van der Waals surface area contributed by atoms with E-state index in [9.17, 15) is 4.79 Å². The molecular formula is C20H21N5O. The van der Waals surface area contributed by atoms with Gasteiger partial charge < -0.3 is 5.32 Å². The minimum Gasteiger partial charge on any atom is -0.377 e. The molecule has 2 heterocycles. The van der Waals surface area contributed by atoms with Crippen LogP contribution < -0.4 is 10.9 Å². The van der Waals surface area contributed by atoms with E-state index in [1.165, 1.54) is 5.56 Å². The van der Waals surface area contributed by atoms with E-state index < -0.39 is 0 Å². The number of benzene rings is 2. The van der Waals surface area contributed by atoms with Gasteiger partial charge in [-0.25, -0.2) is 0 Å². The zero-order valence-electron chi connectivity index (χ0n) is 14.9. The van der Waals surface area contributed by atoms with Crippen molar-refractivity contribution in [3.05, 3.63) is 70.3 Å². The average Bonchev–Trinajstić information content (AvgIpc) is 3.11. The summed E-state index contributed by atoms with van der Waals surface area (Å²) in [5.74, 6) is 1.36. The SMILES string of the molecule is CCc1ccccc1NCc1nnc2n(CC)c(=O)c3ccccc3n12. The fourth-order valence-corrected chi connectivity index (χ4v) is 3.39. The van der Waals surface area contributed by atoms with Crippen LogP contribution >= 0.6 is 0 Å². The Morgan fingerprint density at radius 2 is 1.77 bits per heavy atom. The van der Waals surface area contributed by atoms with Gasteiger partial charge in [-0.05, 0) is 37.1 Å². The quantitative estimate of drug-likeness (QED) is 0.602. The summed E-state index contributed by atoms with van der Waals surface area (Å²) in [5, 5.41) is 12.8. The Balaban J connectivity index is 1.84. The van der Waals surface area contributed by atoms with Gasteiger partial charge in [0.15, 0.2) is 5.82 Å². The highest BCUT2D eigenvalue weighted by molar-refractivity contribution is 5.80. The molecule has 4 rings (SSSR count). The highest BCUT2D eigenvalue weighted by Crippen LogP contribution is 2.18. The number of nitrogens with zero attached hydrogens (tertiary/aromatic N) is 4. The number of aromatic nitrogens is 4. The van der Waals surface area contributed by atoms with Crippen LogP contribution in [0.25, 0.3) is 16.7 Å². The van der Waals surface area contributed by atoms with Crippen LogP contribution in [0.5, 0.6) is 0 Å². The Kier molecular flexibility index (Phi) is 4.16. The Labute approximate surface area is 151 Å². The number of hydrogen-bond donors (Lipinski definition) is 1. The second-order valence-electron chi connectivity index (χ2n) is 6.18. The number of anilines is 1. The van der Waals surface area contributed by atoms with Gasteiger partial charge in [0.05, 0.1) is 17.4 Å². The first-order chi connectivity index (χ1) is 12.7. The predicted molar refractivity (Wildman–Crippen MR) is 104 cm³/mol. The molecule has 132 valence electrons. The lowest BCUT2D eigenvalue weighted by molar-refractivity contribution is 0.734. The number of hydrogen-bond acceptors (Lipinski definition) is 4. The first-order valence-electron chi connectivity index (χ1n) is 8.92. The number of nitrogens with one attached hydrogen (secondary N) is 1. The van der Waals surface area contributed by atoms with Crippen molar-refractivity contribution >= 4 is 22.4 Å². The maximum absolute atomic E-state index is 12.7. The molecule has 4 aromatic rings. The van der Waals surface area contributed by atoms with Gasteiger partial charge in [0, 0.05) is 12.2 Å². The van der Waals surface area contributed by atoms with E-state index in [1.807, 2.05) is 47.7 Å². The molecule has 1 N–H and O–H groups in total. The van der Waals surface area contributed by atoms with E-state index in [4.69, 9.17) is 0 Å². The van der Waals surface area contributed by atoms with E-state index >= 15 is 0 Å². The van der Waals surface area contributed by atoms with Crippen LogP contribution in [0, 0.1) is 0 Å². The Bertz CT molecular complexity index is 1140. The van der Waals surface area contributed by atoms with Crippen LogP contribution in [0.3, 0.4) is 0 Å². The fourth-order valence-electron chi connectivity index (χ4n) is 3.39. The predicted octanol–water partition coefficient (Wildman–Crippen LogP) is 3.24. The zero-order valence-corrected chi connectivity index (χ0v) is 14.9. The zero-order chi connectivity index (χ0) is 18.1. The Hall–Kier alpha value is -3.15. The number of fused-ring (bicyclic) bond motifs is 3. The Morgan fingerprint density at radius 1 is 1.00 bits per heavy atom. The number of aryl methyl sites for hydroxylation is 2. The normalized spacial score (nSPS) is 11.3. The van der Waals surface area contributed by atoms with E-state index in [2.05, 4.69) is 34.6 Å². The topological polar surface area (TPSA) is 64.2 Å². The maximum Gasteiger partial charge on any atom is 0.262 e. The van der Waals surface area contributed by atoms with Crippen molar-refractivity contribution in [2.75, 3.05) is 5.32 Å². The Morgan fingerprint density at radius 3 is 2.58 bits per heavy atom. The average molecular weight is 347 g/mol. The molecule has 26 heavy (non-hydrogen) atoms. The number of rotatable bonds is 5. The van der Waals surface area contributed by atoms with Gasteiger partial charge in [-0.1, -0.05) is 37.3 Å². The van der Waals surface area contributed by atoms with Crippen molar-refractivity contribution in [1.82, 2.24) is 19.2 Å². The van der Waals surface area contributed by atoms with Gasteiger partial charge in [0.1, 0.15) is 0 Å². The van der Waals surface area contributed by atoms with Crippen LogP contribution in [0.15, 0.2) is 53.3 Å². The molecule has 6 heteroatoms. The molecule has 0 bridgehead atoms. The molecule has 2 aromatic carbocycles. The van der Waals surface area contributed by atoms with Crippen molar-refractivity contribution in [3.63, 3.8) is 0 Å². The van der Waals surface area contributed by atoms with Crippen molar-refractivity contribution in [1.29, 1.82) is 0 Å². The molecule has 0 atom stereocenters.